The molecule has 1 aromatic carbocycles. The van der Waals surface area contributed by atoms with Gasteiger partial charge in [-0.3, -0.25) is 0 Å². The minimum atomic E-state index is -0.559. The van der Waals surface area contributed by atoms with E-state index in [1.165, 1.54) is 12.1 Å². The van der Waals surface area contributed by atoms with Crippen LogP contribution in [0.15, 0.2) is 16.6 Å². The molecule has 2 N–H and O–H groups in total. The van der Waals surface area contributed by atoms with Crippen molar-refractivity contribution in [3.05, 3.63) is 33.8 Å². The van der Waals surface area contributed by atoms with E-state index in [1.54, 1.807) is 0 Å². The van der Waals surface area contributed by atoms with Crippen molar-refractivity contribution in [2.75, 3.05) is 0 Å². The summed E-state index contributed by atoms with van der Waals surface area (Å²) in [6.45, 7) is 0. The van der Waals surface area contributed by atoms with Crippen LogP contribution in [0.2, 0.25) is 0 Å². The van der Waals surface area contributed by atoms with E-state index in [9.17, 15) is 8.78 Å². The van der Waals surface area contributed by atoms with Crippen molar-refractivity contribution >= 4 is 15.9 Å². The van der Waals surface area contributed by atoms with Gasteiger partial charge in [-0.15, -0.1) is 0 Å². The first-order chi connectivity index (χ1) is 6.59. The lowest BCUT2D eigenvalue weighted by atomic mass is 10.0. The third-order valence-electron chi connectivity index (χ3n) is 2.51. The molecule has 2 rings (SSSR count). The molecule has 1 nitrogen and oxygen atoms in total. The Balaban J connectivity index is 2.40. The van der Waals surface area contributed by atoms with Gasteiger partial charge in [0.1, 0.15) is 11.6 Å². The van der Waals surface area contributed by atoms with Crippen molar-refractivity contribution in [1.82, 2.24) is 0 Å². The van der Waals surface area contributed by atoms with Crippen LogP contribution in [-0.4, -0.2) is 0 Å². The van der Waals surface area contributed by atoms with E-state index >= 15 is 0 Å². The summed E-state index contributed by atoms with van der Waals surface area (Å²) in [4.78, 5) is 0. The molecule has 1 saturated carbocycles. The Morgan fingerprint density at radius 1 is 1.29 bits per heavy atom. The van der Waals surface area contributed by atoms with Gasteiger partial charge in [0, 0.05) is 16.1 Å². The normalized spacial score (nSPS) is 18.3. The van der Waals surface area contributed by atoms with Crippen molar-refractivity contribution < 1.29 is 8.78 Å². The molecule has 0 aromatic heterocycles. The Morgan fingerprint density at radius 3 is 2.21 bits per heavy atom. The maximum absolute atomic E-state index is 13.4. The van der Waals surface area contributed by atoms with Crippen LogP contribution in [0.5, 0.6) is 0 Å². The summed E-state index contributed by atoms with van der Waals surface area (Å²) in [6, 6.07) is 2.00. The summed E-state index contributed by atoms with van der Waals surface area (Å²) in [5.74, 6) is -0.868. The monoisotopic (exact) mass is 261 g/mol. The van der Waals surface area contributed by atoms with Crippen LogP contribution < -0.4 is 5.73 Å². The molecule has 1 unspecified atom stereocenters. The van der Waals surface area contributed by atoms with Gasteiger partial charge in [-0.25, -0.2) is 8.78 Å². The lowest BCUT2D eigenvalue weighted by molar-refractivity contribution is 0.502. The molecule has 0 bridgehead atoms. The van der Waals surface area contributed by atoms with Crippen molar-refractivity contribution in [3.8, 4) is 0 Å². The molecule has 1 atom stereocenters. The van der Waals surface area contributed by atoms with E-state index in [4.69, 9.17) is 5.73 Å². The van der Waals surface area contributed by atoms with Crippen LogP contribution in [0.4, 0.5) is 8.78 Å². The maximum Gasteiger partial charge on any atom is 0.132 e. The molecule has 76 valence electrons. The highest BCUT2D eigenvalue weighted by Crippen LogP contribution is 2.41. The number of rotatable bonds is 2. The van der Waals surface area contributed by atoms with E-state index in [2.05, 4.69) is 15.9 Å². The predicted octanol–water partition coefficient (Wildman–Crippen LogP) is 3.14. The van der Waals surface area contributed by atoms with Gasteiger partial charge in [0.2, 0.25) is 0 Å². The van der Waals surface area contributed by atoms with E-state index in [0.717, 1.165) is 12.8 Å². The molecule has 0 saturated heterocycles. The lowest BCUT2D eigenvalue weighted by Crippen LogP contribution is -2.16. The Labute approximate surface area is 89.4 Å². The van der Waals surface area contributed by atoms with Gasteiger partial charge in [-0.2, -0.15) is 0 Å². The smallest absolute Gasteiger partial charge is 0.132 e. The van der Waals surface area contributed by atoms with Crippen LogP contribution in [0.3, 0.4) is 0 Å². The van der Waals surface area contributed by atoms with Gasteiger partial charge in [-0.05, 0) is 30.9 Å². The number of hydrogen-bond donors (Lipinski definition) is 1. The van der Waals surface area contributed by atoms with Gasteiger partial charge in [0.05, 0.1) is 0 Å². The molecular weight excluding hydrogens is 252 g/mol. The number of hydrogen-bond acceptors (Lipinski definition) is 1. The Kier molecular flexibility index (Phi) is 2.58. The third kappa shape index (κ3) is 1.81. The van der Waals surface area contributed by atoms with Crippen molar-refractivity contribution in [3.63, 3.8) is 0 Å². The van der Waals surface area contributed by atoms with Gasteiger partial charge in [0.15, 0.2) is 0 Å². The fourth-order valence-corrected chi connectivity index (χ4v) is 1.96. The molecule has 1 fully saturated rings. The molecule has 0 heterocycles. The van der Waals surface area contributed by atoms with Crippen LogP contribution in [0.1, 0.15) is 24.4 Å². The average Bonchev–Trinajstić information content (AvgIpc) is 2.83. The summed E-state index contributed by atoms with van der Waals surface area (Å²) in [7, 11) is 0. The lowest BCUT2D eigenvalue weighted by Gasteiger charge is -2.13. The van der Waals surface area contributed by atoms with Gasteiger partial charge >= 0.3 is 0 Å². The van der Waals surface area contributed by atoms with E-state index in [-0.39, 0.29) is 11.5 Å². The summed E-state index contributed by atoms with van der Waals surface area (Å²) in [5.41, 5.74) is 5.78. The van der Waals surface area contributed by atoms with Crippen molar-refractivity contribution in [2.24, 2.45) is 11.7 Å². The van der Waals surface area contributed by atoms with Gasteiger partial charge in [-0.1, -0.05) is 15.9 Å². The second kappa shape index (κ2) is 3.59. The molecule has 0 aliphatic heterocycles. The second-order valence-corrected chi connectivity index (χ2v) is 4.56. The Bertz CT molecular complexity index is 340. The molecule has 14 heavy (non-hydrogen) atoms. The molecule has 0 amide bonds. The summed E-state index contributed by atoms with van der Waals surface area (Å²) >= 11 is 3.03. The Hall–Kier alpha value is -0.480. The molecule has 4 heteroatoms. The average molecular weight is 262 g/mol. The molecule has 0 spiro atoms. The highest BCUT2D eigenvalue weighted by Gasteiger charge is 2.32. The van der Waals surface area contributed by atoms with E-state index in [0.29, 0.717) is 4.47 Å². The first-order valence-electron chi connectivity index (χ1n) is 4.49. The van der Waals surface area contributed by atoms with Gasteiger partial charge in [0.25, 0.3) is 0 Å². The molecule has 1 aliphatic carbocycles. The fraction of sp³-hybridized carbons (Fsp3) is 0.400. The molecule has 1 aliphatic rings. The minimum Gasteiger partial charge on any atom is -0.324 e. The zero-order valence-electron chi connectivity index (χ0n) is 7.43. The van der Waals surface area contributed by atoms with Crippen molar-refractivity contribution in [2.45, 2.75) is 18.9 Å². The number of nitrogens with two attached hydrogens (primary N) is 1. The van der Waals surface area contributed by atoms with Crippen LogP contribution in [0.25, 0.3) is 0 Å². The van der Waals surface area contributed by atoms with E-state index < -0.39 is 17.7 Å². The summed E-state index contributed by atoms with van der Waals surface area (Å²) in [6.07, 6.45) is 1.94. The van der Waals surface area contributed by atoms with E-state index in [1.807, 2.05) is 0 Å². The summed E-state index contributed by atoms with van der Waals surface area (Å²) < 4.78 is 27.2. The standard InChI is InChI=1S/C10H10BrF2N/c11-6-3-7(12)9(8(13)4-6)10(14)5-1-2-5/h3-5,10H,1-2,14H2. The third-order valence-corrected chi connectivity index (χ3v) is 2.96. The predicted molar refractivity (Wildman–Crippen MR) is 53.7 cm³/mol. The van der Waals surface area contributed by atoms with Crippen LogP contribution in [0, 0.1) is 17.6 Å². The zero-order chi connectivity index (χ0) is 10.3. The van der Waals surface area contributed by atoms with Gasteiger partial charge < -0.3 is 5.73 Å². The van der Waals surface area contributed by atoms with Crippen molar-refractivity contribution in [1.29, 1.82) is 0 Å². The highest BCUT2D eigenvalue weighted by atomic mass is 79.9. The first-order valence-corrected chi connectivity index (χ1v) is 5.29. The minimum absolute atomic E-state index is 0.0238. The molecular formula is C10H10BrF2N. The second-order valence-electron chi connectivity index (χ2n) is 3.65. The van der Waals surface area contributed by atoms with Crippen LogP contribution in [-0.2, 0) is 0 Å². The number of benzene rings is 1. The SMILES string of the molecule is NC(c1c(F)cc(Br)cc1F)C1CC1. The quantitative estimate of drug-likeness (QED) is 0.870. The highest BCUT2D eigenvalue weighted by molar-refractivity contribution is 9.10. The topological polar surface area (TPSA) is 26.0 Å². The first kappa shape index (κ1) is 10.1. The van der Waals surface area contributed by atoms with Crippen LogP contribution >= 0.6 is 15.9 Å². The fourth-order valence-electron chi connectivity index (χ4n) is 1.56. The molecule has 0 radical (unpaired) electrons. The zero-order valence-corrected chi connectivity index (χ0v) is 9.02. The maximum atomic E-state index is 13.4. The largest absolute Gasteiger partial charge is 0.324 e. The Morgan fingerprint density at radius 2 is 1.79 bits per heavy atom. The summed E-state index contributed by atoms with van der Waals surface area (Å²) in [5, 5.41) is 0. The number of halogens is 3. The molecule has 1 aromatic rings.